The molecule has 0 amide bonds. The normalized spacial score (nSPS) is 31.6. The maximum atomic E-state index is 11.1. The van der Waals surface area contributed by atoms with Crippen molar-refractivity contribution < 1.29 is 9.53 Å². The van der Waals surface area contributed by atoms with Crippen LogP contribution in [-0.4, -0.2) is 29.0 Å². The Labute approximate surface area is 82.0 Å². The van der Waals surface area contributed by atoms with Crippen LogP contribution in [0.15, 0.2) is 0 Å². The monoisotopic (exact) mass is 208 g/mol. The van der Waals surface area contributed by atoms with Crippen molar-refractivity contribution in [3.05, 3.63) is 0 Å². The van der Waals surface area contributed by atoms with E-state index in [4.69, 9.17) is 11.6 Å². The number of carbonyl (C=O) groups is 1. The summed E-state index contributed by atoms with van der Waals surface area (Å²) in [5.74, 6) is 0.782. The van der Waals surface area contributed by atoms with E-state index in [0.29, 0.717) is 0 Å². The summed E-state index contributed by atoms with van der Waals surface area (Å²) in [6, 6.07) is 0. The summed E-state index contributed by atoms with van der Waals surface area (Å²) < 4.78 is 4.49. The SMILES string of the molecule is COC(=O)C(Cl)C1(C)CCCS1. The maximum Gasteiger partial charge on any atom is 0.325 e. The molecule has 1 heterocycles. The Hall–Kier alpha value is 0.110. The summed E-state index contributed by atoms with van der Waals surface area (Å²) in [4.78, 5) is 11.1. The summed E-state index contributed by atoms with van der Waals surface area (Å²) in [7, 11) is 1.38. The molecule has 0 aliphatic carbocycles. The number of halogens is 1. The molecule has 0 N–H and O–H groups in total. The van der Waals surface area contributed by atoms with Gasteiger partial charge in [0.1, 0.15) is 5.38 Å². The molecule has 1 aliphatic rings. The first-order valence-corrected chi connectivity index (χ1v) is 5.38. The van der Waals surface area contributed by atoms with Crippen molar-refractivity contribution in [3.63, 3.8) is 0 Å². The van der Waals surface area contributed by atoms with E-state index < -0.39 is 5.38 Å². The zero-order chi connectivity index (χ0) is 9.19. The zero-order valence-electron chi connectivity index (χ0n) is 7.30. The topological polar surface area (TPSA) is 26.3 Å². The van der Waals surface area contributed by atoms with Crippen molar-refractivity contribution in [1.82, 2.24) is 0 Å². The van der Waals surface area contributed by atoms with Gasteiger partial charge in [0.25, 0.3) is 0 Å². The smallest absolute Gasteiger partial charge is 0.325 e. The van der Waals surface area contributed by atoms with Crippen LogP contribution in [0.3, 0.4) is 0 Å². The standard InChI is InChI=1S/C8H13ClO2S/c1-8(4-3-5-12-8)6(9)7(10)11-2/h6H,3-5H2,1-2H3. The second-order valence-electron chi connectivity index (χ2n) is 3.15. The fraction of sp³-hybridized carbons (Fsp3) is 0.875. The van der Waals surface area contributed by atoms with Crippen LogP contribution in [0.5, 0.6) is 0 Å². The Kier molecular flexibility index (Phi) is 3.29. The minimum Gasteiger partial charge on any atom is -0.468 e. The molecule has 0 bridgehead atoms. The highest BCUT2D eigenvalue weighted by Gasteiger charge is 2.41. The van der Waals surface area contributed by atoms with Gasteiger partial charge in [0.05, 0.1) is 7.11 Å². The van der Waals surface area contributed by atoms with Gasteiger partial charge in [-0.1, -0.05) is 0 Å². The molecule has 0 aromatic carbocycles. The van der Waals surface area contributed by atoms with Gasteiger partial charge in [-0.2, -0.15) is 11.8 Å². The van der Waals surface area contributed by atoms with Crippen molar-refractivity contribution in [1.29, 1.82) is 0 Å². The number of esters is 1. The number of carbonyl (C=O) groups excluding carboxylic acids is 1. The van der Waals surface area contributed by atoms with Gasteiger partial charge in [-0.05, 0) is 25.5 Å². The largest absolute Gasteiger partial charge is 0.468 e. The summed E-state index contributed by atoms with van der Waals surface area (Å²) in [6.07, 6.45) is 2.14. The molecule has 0 aromatic heterocycles. The number of hydrogen-bond acceptors (Lipinski definition) is 3. The molecule has 0 radical (unpaired) electrons. The first kappa shape index (κ1) is 10.2. The van der Waals surface area contributed by atoms with Crippen LogP contribution < -0.4 is 0 Å². The molecule has 1 saturated heterocycles. The highest BCUT2D eigenvalue weighted by molar-refractivity contribution is 8.01. The summed E-state index contributed by atoms with van der Waals surface area (Å²) in [6.45, 7) is 2.03. The van der Waals surface area contributed by atoms with Gasteiger partial charge in [-0.3, -0.25) is 4.79 Å². The minimum absolute atomic E-state index is 0.116. The van der Waals surface area contributed by atoms with Gasteiger partial charge in [0, 0.05) is 4.75 Å². The second kappa shape index (κ2) is 3.88. The minimum atomic E-state index is -0.505. The average molecular weight is 209 g/mol. The molecular weight excluding hydrogens is 196 g/mol. The molecule has 2 atom stereocenters. The number of thioether (sulfide) groups is 1. The summed E-state index contributed by atoms with van der Waals surface area (Å²) in [5.41, 5.74) is 0. The fourth-order valence-corrected chi connectivity index (χ4v) is 3.03. The lowest BCUT2D eigenvalue weighted by atomic mass is 10.0. The summed E-state index contributed by atoms with van der Waals surface area (Å²) in [5, 5.41) is -0.505. The molecule has 1 rings (SSSR count). The average Bonchev–Trinajstić information content (AvgIpc) is 2.50. The number of rotatable bonds is 2. The van der Waals surface area contributed by atoms with Crippen molar-refractivity contribution in [3.8, 4) is 0 Å². The van der Waals surface area contributed by atoms with Crippen LogP contribution in [0, 0.1) is 0 Å². The van der Waals surface area contributed by atoms with E-state index in [1.54, 1.807) is 11.8 Å². The lowest BCUT2D eigenvalue weighted by Crippen LogP contribution is -2.36. The first-order valence-electron chi connectivity index (χ1n) is 3.96. The fourth-order valence-electron chi connectivity index (χ4n) is 1.35. The van der Waals surface area contributed by atoms with E-state index >= 15 is 0 Å². The van der Waals surface area contributed by atoms with E-state index in [1.807, 2.05) is 6.92 Å². The number of methoxy groups -OCH3 is 1. The molecule has 0 saturated carbocycles. The molecule has 0 aromatic rings. The van der Waals surface area contributed by atoms with E-state index in [-0.39, 0.29) is 10.7 Å². The van der Waals surface area contributed by atoms with Gasteiger partial charge in [0.2, 0.25) is 0 Å². The van der Waals surface area contributed by atoms with Gasteiger partial charge in [-0.25, -0.2) is 0 Å². The quantitative estimate of drug-likeness (QED) is 0.513. The van der Waals surface area contributed by atoms with Crippen molar-refractivity contribution >= 4 is 29.3 Å². The Morgan fingerprint density at radius 1 is 1.75 bits per heavy atom. The lowest BCUT2D eigenvalue weighted by molar-refractivity contribution is -0.140. The van der Waals surface area contributed by atoms with Gasteiger partial charge in [-0.15, -0.1) is 11.6 Å². The molecule has 2 unspecified atom stereocenters. The Balaban J connectivity index is 2.61. The lowest BCUT2D eigenvalue weighted by Gasteiger charge is -2.26. The van der Waals surface area contributed by atoms with Crippen LogP contribution >= 0.6 is 23.4 Å². The molecular formula is C8H13ClO2S. The van der Waals surface area contributed by atoms with Crippen molar-refractivity contribution in [2.75, 3.05) is 12.9 Å². The van der Waals surface area contributed by atoms with Gasteiger partial charge < -0.3 is 4.74 Å². The molecule has 1 aliphatic heterocycles. The highest BCUT2D eigenvalue weighted by atomic mass is 35.5. The third-order valence-corrected chi connectivity index (χ3v) is 4.57. The van der Waals surface area contributed by atoms with E-state index in [9.17, 15) is 4.79 Å². The third-order valence-electron chi connectivity index (χ3n) is 2.19. The molecule has 70 valence electrons. The number of ether oxygens (including phenoxy) is 1. The second-order valence-corrected chi connectivity index (χ2v) is 5.22. The molecule has 1 fully saturated rings. The number of hydrogen-bond donors (Lipinski definition) is 0. The van der Waals surface area contributed by atoms with E-state index in [1.165, 1.54) is 7.11 Å². The molecule has 0 spiro atoms. The molecule has 12 heavy (non-hydrogen) atoms. The maximum absolute atomic E-state index is 11.1. The predicted molar refractivity (Wildman–Crippen MR) is 51.8 cm³/mol. The molecule has 4 heteroatoms. The Morgan fingerprint density at radius 2 is 2.42 bits per heavy atom. The Morgan fingerprint density at radius 3 is 2.83 bits per heavy atom. The van der Waals surface area contributed by atoms with E-state index in [0.717, 1.165) is 18.6 Å². The third kappa shape index (κ3) is 1.88. The van der Waals surface area contributed by atoms with Crippen molar-refractivity contribution in [2.45, 2.75) is 29.9 Å². The Bertz CT molecular complexity index is 178. The van der Waals surface area contributed by atoms with Gasteiger partial charge >= 0.3 is 5.97 Å². The number of alkyl halides is 1. The first-order chi connectivity index (χ1) is 5.60. The van der Waals surface area contributed by atoms with Crippen LogP contribution in [-0.2, 0) is 9.53 Å². The predicted octanol–water partition coefficient (Wildman–Crippen LogP) is 2.05. The van der Waals surface area contributed by atoms with Crippen LogP contribution in [0.4, 0.5) is 0 Å². The zero-order valence-corrected chi connectivity index (χ0v) is 8.87. The van der Waals surface area contributed by atoms with Crippen LogP contribution in [0.2, 0.25) is 0 Å². The van der Waals surface area contributed by atoms with E-state index in [2.05, 4.69) is 4.74 Å². The van der Waals surface area contributed by atoms with Gasteiger partial charge in [0.15, 0.2) is 0 Å². The molecule has 2 nitrogen and oxygen atoms in total. The van der Waals surface area contributed by atoms with Crippen LogP contribution in [0.25, 0.3) is 0 Å². The van der Waals surface area contributed by atoms with Crippen molar-refractivity contribution in [2.24, 2.45) is 0 Å². The van der Waals surface area contributed by atoms with Crippen LogP contribution in [0.1, 0.15) is 19.8 Å². The highest BCUT2D eigenvalue weighted by Crippen LogP contribution is 2.42. The summed E-state index contributed by atoms with van der Waals surface area (Å²) >= 11 is 7.75.